The van der Waals surface area contributed by atoms with E-state index in [2.05, 4.69) is 27.9 Å². The highest BCUT2D eigenvalue weighted by Gasteiger charge is 2.17. The third kappa shape index (κ3) is 4.41. The first kappa shape index (κ1) is 16.7. The highest BCUT2D eigenvalue weighted by molar-refractivity contribution is 7.78. The van der Waals surface area contributed by atoms with Gasteiger partial charge >= 0.3 is 0 Å². The zero-order chi connectivity index (χ0) is 16.8. The molecular weight excluding hydrogens is 318 g/mol. The predicted octanol–water partition coefficient (Wildman–Crippen LogP) is 3.39. The number of hydrogen-bond acceptors (Lipinski definition) is 5. The van der Waals surface area contributed by atoms with Gasteiger partial charge in [-0.25, -0.2) is 4.09 Å². The summed E-state index contributed by atoms with van der Waals surface area (Å²) in [4.78, 5) is 14.5. The lowest BCUT2D eigenvalue weighted by Gasteiger charge is -2.16. The zero-order valence-electron chi connectivity index (χ0n) is 12.6. The van der Waals surface area contributed by atoms with Crippen molar-refractivity contribution in [2.75, 3.05) is 0 Å². The maximum atomic E-state index is 12.0. The fourth-order valence-electron chi connectivity index (χ4n) is 1.89. The number of aromatic nitrogens is 2. The SMILES string of the molecule is CC(C)Oc1cccc(C(=O)N=[N+]=[N-])c1COc1ccn(S)n1. The average Bonchev–Trinajstić information content (AvgIpc) is 2.91. The van der Waals surface area contributed by atoms with Crippen molar-refractivity contribution in [2.45, 2.75) is 26.6 Å². The lowest BCUT2D eigenvalue weighted by Crippen LogP contribution is -2.12. The van der Waals surface area contributed by atoms with E-state index in [1.54, 1.807) is 30.5 Å². The monoisotopic (exact) mass is 333 g/mol. The van der Waals surface area contributed by atoms with Gasteiger partial charge in [0.2, 0.25) is 11.8 Å². The molecule has 0 radical (unpaired) electrons. The quantitative estimate of drug-likeness (QED) is 0.379. The van der Waals surface area contributed by atoms with Gasteiger partial charge in [0.1, 0.15) is 12.4 Å². The van der Waals surface area contributed by atoms with Crippen molar-refractivity contribution in [3.63, 3.8) is 0 Å². The van der Waals surface area contributed by atoms with Gasteiger partial charge in [-0.3, -0.25) is 4.79 Å². The van der Waals surface area contributed by atoms with Crippen molar-refractivity contribution in [3.8, 4) is 11.6 Å². The van der Waals surface area contributed by atoms with E-state index < -0.39 is 5.91 Å². The molecule has 1 aromatic heterocycles. The molecule has 2 aromatic rings. The van der Waals surface area contributed by atoms with Gasteiger partial charge in [0.05, 0.1) is 6.10 Å². The Morgan fingerprint density at radius 2 is 2.26 bits per heavy atom. The number of carbonyl (C=O) groups is 1. The second kappa shape index (κ2) is 7.57. The summed E-state index contributed by atoms with van der Waals surface area (Å²) in [7, 11) is 0. The minimum atomic E-state index is -0.694. The molecular formula is C14H15N5O3S. The molecule has 120 valence electrons. The number of carbonyl (C=O) groups excluding carboxylic acids is 1. The van der Waals surface area contributed by atoms with Crippen LogP contribution in [0.1, 0.15) is 29.8 Å². The van der Waals surface area contributed by atoms with Crippen LogP contribution in [0.3, 0.4) is 0 Å². The Kier molecular flexibility index (Phi) is 5.51. The van der Waals surface area contributed by atoms with Crippen molar-refractivity contribution in [1.82, 2.24) is 9.19 Å². The Hall–Kier alpha value is -2.64. The number of benzene rings is 1. The molecule has 0 N–H and O–H groups in total. The number of hydrogen-bond donors (Lipinski definition) is 1. The Morgan fingerprint density at radius 1 is 1.48 bits per heavy atom. The Bertz CT molecular complexity index is 753. The van der Waals surface area contributed by atoms with E-state index >= 15 is 0 Å². The van der Waals surface area contributed by atoms with Gasteiger partial charge in [0.15, 0.2) is 0 Å². The summed E-state index contributed by atoms with van der Waals surface area (Å²) in [5.41, 5.74) is 9.19. The molecule has 0 aliphatic heterocycles. The molecule has 1 aromatic carbocycles. The Labute approximate surface area is 138 Å². The maximum Gasteiger partial charge on any atom is 0.249 e. The van der Waals surface area contributed by atoms with Crippen molar-refractivity contribution in [3.05, 3.63) is 52.0 Å². The average molecular weight is 333 g/mol. The second-order valence-corrected chi connectivity index (χ2v) is 5.22. The van der Waals surface area contributed by atoms with Crippen LogP contribution >= 0.6 is 12.8 Å². The fourth-order valence-corrected chi connectivity index (χ4v) is 2.05. The van der Waals surface area contributed by atoms with Crippen molar-refractivity contribution in [2.24, 2.45) is 5.11 Å². The molecule has 0 spiro atoms. The van der Waals surface area contributed by atoms with Gasteiger partial charge < -0.3 is 9.47 Å². The highest BCUT2D eigenvalue weighted by atomic mass is 32.1. The summed E-state index contributed by atoms with van der Waals surface area (Å²) in [6, 6.07) is 6.57. The van der Waals surface area contributed by atoms with Crippen molar-refractivity contribution in [1.29, 1.82) is 0 Å². The molecule has 0 saturated carbocycles. The summed E-state index contributed by atoms with van der Waals surface area (Å²) >= 11 is 4.02. The van der Waals surface area contributed by atoms with Gasteiger partial charge in [0, 0.05) is 28.3 Å². The van der Waals surface area contributed by atoms with Crippen molar-refractivity contribution >= 4 is 18.7 Å². The fraction of sp³-hybridized carbons (Fsp3) is 0.286. The maximum absolute atomic E-state index is 12.0. The summed E-state index contributed by atoms with van der Waals surface area (Å²) in [5.74, 6) is 0.144. The van der Waals surface area contributed by atoms with Gasteiger partial charge in [-0.2, -0.15) is 0 Å². The summed E-state index contributed by atoms with van der Waals surface area (Å²) in [5, 5.41) is 7.11. The molecule has 0 aliphatic rings. The molecule has 0 unspecified atom stereocenters. The first-order valence-corrected chi connectivity index (χ1v) is 7.17. The number of thiol groups is 1. The largest absolute Gasteiger partial charge is 0.491 e. The van der Waals surface area contributed by atoms with E-state index in [1.807, 2.05) is 13.8 Å². The molecule has 0 bridgehead atoms. The first-order chi connectivity index (χ1) is 11.0. The Morgan fingerprint density at radius 3 is 2.87 bits per heavy atom. The molecule has 1 amide bonds. The van der Waals surface area contributed by atoms with E-state index in [0.717, 1.165) is 0 Å². The summed E-state index contributed by atoms with van der Waals surface area (Å²) < 4.78 is 12.6. The number of azide groups is 1. The minimum Gasteiger partial charge on any atom is -0.491 e. The normalized spacial score (nSPS) is 10.3. The van der Waals surface area contributed by atoms with Gasteiger partial charge in [-0.1, -0.05) is 12.1 Å². The lowest BCUT2D eigenvalue weighted by molar-refractivity contribution is 0.0996. The topological polar surface area (TPSA) is 102 Å². The second-order valence-electron chi connectivity index (χ2n) is 4.81. The Balaban J connectivity index is 2.34. The van der Waals surface area contributed by atoms with Gasteiger partial charge in [0.25, 0.3) is 0 Å². The third-order valence-corrected chi connectivity index (χ3v) is 3.00. The molecule has 0 atom stereocenters. The van der Waals surface area contributed by atoms with Crippen LogP contribution in [0.2, 0.25) is 0 Å². The first-order valence-electron chi connectivity index (χ1n) is 6.77. The number of nitrogens with zero attached hydrogens (tertiary/aromatic N) is 5. The molecule has 0 fully saturated rings. The van der Waals surface area contributed by atoms with E-state index in [0.29, 0.717) is 17.2 Å². The van der Waals surface area contributed by atoms with Crippen molar-refractivity contribution < 1.29 is 14.3 Å². The van der Waals surface area contributed by atoms with Crippen LogP contribution in [0.4, 0.5) is 0 Å². The van der Waals surface area contributed by atoms with Gasteiger partial charge in [-0.05, 0) is 43.4 Å². The van der Waals surface area contributed by atoms with Crippen LogP contribution in [-0.2, 0) is 6.61 Å². The van der Waals surface area contributed by atoms with Crippen LogP contribution in [-0.4, -0.2) is 21.2 Å². The van der Waals surface area contributed by atoms with Gasteiger partial charge in [-0.15, -0.1) is 5.10 Å². The van der Waals surface area contributed by atoms with Crippen LogP contribution in [0.15, 0.2) is 35.6 Å². The molecule has 2 rings (SSSR count). The molecule has 23 heavy (non-hydrogen) atoms. The van der Waals surface area contributed by atoms with Crippen LogP contribution < -0.4 is 9.47 Å². The number of rotatable bonds is 6. The standard InChI is InChI=1S/C14H15N5O3S/c1-9(2)22-12-5-3-4-10(14(20)16-18-15)11(12)8-21-13-6-7-19(23)17-13/h3-7,9,23H,8H2,1-2H3. The van der Waals surface area contributed by atoms with Crippen LogP contribution in [0, 0.1) is 0 Å². The smallest absolute Gasteiger partial charge is 0.249 e. The molecule has 9 heteroatoms. The molecule has 0 aliphatic carbocycles. The molecule has 0 saturated heterocycles. The van der Waals surface area contributed by atoms with E-state index in [-0.39, 0.29) is 18.3 Å². The van der Waals surface area contributed by atoms with Crippen LogP contribution in [0.25, 0.3) is 10.4 Å². The summed E-state index contributed by atoms with van der Waals surface area (Å²) in [6.45, 7) is 3.78. The zero-order valence-corrected chi connectivity index (χ0v) is 13.5. The lowest BCUT2D eigenvalue weighted by atomic mass is 10.1. The van der Waals surface area contributed by atoms with E-state index in [9.17, 15) is 4.79 Å². The summed E-state index contributed by atoms with van der Waals surface area (Å²) in [6.07, 6.45) is 1.52. The van der Waals surface area contributed by atoms with Crippen LogP contribution in [0.5, 0.6) is 11.6 Å². The third-order valence-electron chi connectivity index (χ3n) is 2.78. The van der Waals surface area contributed by atoms with E-state index in [4.69, 9.17) is 15.0 Å². The molecule has 1 heterocycles. The predicted molar refractivity (Wildman–Crippen MR) is 86.6 cm³/mol. The minimum absolute atomic E-state index is 0.0374. The molecule has 8 nitrogen and oxygen atoms in total. The number of amides is 1. The highest BCUT2D eigenvalue weighted by Crippen LogP contribution is 2.26. The van der Waals surface area contributed by atoms with E-state index in [1.165, 1.54) is 4.09 Å². The number of ether oxygens (including phenoxy) is 2.